The molecule has 148 valence electrons. The maximum Gasteiger partial charge on any atom is 0.306 e. The maximum absolute atomic E-state index is 11.0. The molecule has 26 heavy (non-hydrogen) atoms. The molecule has 1 unspecified atom stereocenters. The van der Waals surface area contributed by atoms with Gasteiger partial charge in [-0.25, -0.2) is 0 Å². The molecule has 0 bridgehead atoms. The van der Waals surface area contributed by atoms with Gasteiger partial charge in [0.1, 0.15) is 0 Å². The lowest BCUT2D eigenvalue weighted by Gasteiger charge is -2.26. The largest absolute Gasteiger partial charge is 0.481 e. The van der Waals surface area contributed by atoms with Crippen molar-refractivity contribution in [1.29, 1.82) is 0 Å². The minimum atomic E-state index is -0.704. The molecule has 1 heterocycles. The van der Waals surface area contributed by atoms with E-state index >= 15 is 0 Å². The third-order valence-corrected chi connectivity index (χ3v) is 4.65. The molecule has 0 aliphatic heterocycles. The second-order valence-corrected chi connectivity index (χ2v) is 6.66. The first-order valence-electron chi connectivity index (χ1n) is 9.69. The van der Waals surface area contributed by atoms with Crippen molar-refractivity contribution in [2.45, 2.75) is 84.7 Å². The lowest BCUT2D eigenvalue weighted by atomic mass is 9.86. The molecule has 2 rings (SSSR count). The van der Waals surface area contributed by atoms with Crippen LogP contribution in [0, 0.1) is 5.92 Å². The Morgan fingerprint density at radius 1 is 1.15 bits per heavy atom. The molecule has 0 amide bonds. The van der Waals surface area contributed by atoms with Crippen molar-refractivity contribution in [1.82, 2.24) is 15.0 Å². The summed E-state index contributed by atoms with van der Waals surface area (Å²) in [5.41, 5.74) is 0. The van der Waals surface area contributed by atoms with E-state index in [2.05, 4.69) is 39.4 Å². The molecule has 0 spiro atoms. The highest BCUT2D eigenvalue weighted by Crippen LogP contribution is 2.26. The molecular weight excluding hydrogens is 354 g/mol. The summed E-state index contributed by atoms with van der Waals surface area (Å²) >= 11 is 6.02. The van der Waals surface area contributed by atoms with Crippen LogP contribution in [0.25, 0.3) is 0 Å². The maximum atomic E-state index is 11.0. The zero-order valence-electron chi connectivity index (χ0n) is 16.3. The second-order valence-electron chi connectivity index (χ2n) is 6.32. The molecule has 0 radical (unpaired) electrons. The Kier molecular flexibility index (Phi) is 10.2. The van der Waals surface area contributed by atoms with E-state index in [0.717, 1.165) is 32.1 Å². The quantitative estimate of drug-likeness (QED) is 0.601. The first-order valence-corrected chi connectivity index (χ1v) is 10.1. The number of hydrogen-bond acceptors (Lipinski definition) is 6. The van der Waals surface area contributed by atoms with Gasteiger partial charge in [0.2, 0.25) is 17.2 Å². The van der Waals surface area contributed by atoms with E-state index < -0.39 is 5.97 Å². The standard InChI is InChI=1S/C16H26ClN5O2.C2H6/c1-3-5-11(4-2)18-15-20-14(17)21-16(22-15)19-12-8-6-10(7-9-12)13(23)24;1-2/h10-12H,3-9H2,1-2H3,(H,23,24)(H2,18,19,20,21,22);1-2H3. The van der Waals surface area contributed by atoms with E-state index in [1.54, 1.807) is 0 Å². The number of aromatic nitrogens is 3. The van der Waals surface area contributed by atoms with Gasteiger partial charge in [0.15, 0.2) is 0 Å². The Morgan fingerprint density at radius 3 is 2.31 bits per heavy atom. The highest BCUT2D eigenvalue weighted by molar-refractivity contribution is 6.28. The molecule has 7 nitrogen and oxygen atoms in total. The molecule has 1 fully saturated rings. The van der Waals surface area contributed by atoms with Crippen LogP contribution in [-0.2, 0) is 4.79 Å². The number of carbonyl (C=O) groups is 1. The number of nitrogens with one attached hydrogen (secondary N) is 2. The fraction of sp³-hybridized carbons (Fsp3) is 0.778. The molecule has 0 aromatic carbocycles. The lowest BCUT2D eigenvalue weighted by Crippen LogP contribution is -2.30. The summed E-state index contributed by atoms with van der Waals surface area (Å²) in [6.45, 7) is 8.27. The number of aliphatic carboxylic acids is 1. The zero-order chi connectivity index (χ0) is 19.5. The van der Waals surface area contributed by atoms with Crippen molar-refractivity contribution in [2.75, 3.05) is 10.6 Å². The number of hydrogen-bond donors (Lipinski definition) is 3. The van der Waals surface area contributed by atoms with Gasteiger partial charge >= 0.3 is 5.97 Å². The van der Waals surface area contributed by atoms with E-state index in [-0.39, 0.29) is 17.2 Å². The van der Waals surface area contributed by atoms with E-state index in [0.29, 0.717) is 30.8 Å². The predicted octanol–water partition coefficient (Wildman–Crippen LogP) is 4.60. The predicted molar refractivity (Wildman–Crippen MR) is 106 cm³/mol. The molecule has 1 aromatic rings. The normalized spacial score (nSPS) is 20.5. The highest BCUT2D eigenvalue weighted by Gasteiger charge is 2.26. The average molecular weight is 386 g/mol. The van der Waals surface area contributed by atoms with Crippen molar-refractivity contribution in [3.63, 3.8) is 0 Å². The van der Waals surface area contributed by atoms with Crippen molar-refractivity contribution in [3.8, 4) is 0 Å². The number of nitrogens with zero attached hydrogens (tertiary/aromatic N) is 3. The van der Waals surface area contributed by atoms with Crippen LogP contribution in [0.4, 0.5) is 11.9 Å². The van der Waals surface area contributed by atoms with Crippen molar-refractivity contribution < 1.29 is 9.90 Å². The Hall–Kier alpha value is -1.63. The van der Waals surface area contributed by atoms with Crippen molar-refractivity contribution in [3.05, 3.63) is 5.28 Å². The summed E-state index contributed by atoms with van der Waals surface area (Å²) in [5.74, 6) is -0.00842. The zero-order valence-corrected chi connectivity index (χ0v) is 17.0. The molecule has 0 saturated heterocycles. The summed E-state index contributed by atoms with van der Waals surface area (Å²) in [6.07, 6.45) is 6.03. The van der Waals surface area contributed by atoms with E-state index in [1.165, 1.54) is 0 Å². The van der Waals surface area contributed by atoms with Crippen LogP contribution in [0.15, 0.2) is 0 Å². The number of halogens is 1. The molecule has 8 heteroatoms. The van der Waals surface area contributed by atoms with Gasteiger partial charge in [0.25, 0.3) is 0 Å². The molecule has 1 aromatic heterocycles. The second kappa shape index (κ2) is 11.9. The van der Waals surface area contributed by atoms with Crippen molar-refractivity contribution >= 4 is 29.5 Å². The smallest absolute Gasteiger partial charge is 0.306 e. The van der Waals surface area contributed by atoms with E-state index in [9.17, 15) is 4.79 Å². The molecule has 1 saturated carbocycles. The first-order chi connectivity index (χ1) is 12.5. The van der Waals surface area contributed by atoms with Crippen LogP contribution >= 0.6 is 11.6 Å². The monoisotopic (exact) mass is 385 g/mol. The minimum absolute atomic E-state index is 0.153. The lowest BCUT2D eigenvalue weighted by molar-refractivity contribution is -0.142. The van der Waals surface area contributed by atoms with Gasteiger partial charge in [-0.2, -0.15) is 15.0 Å². The van der Waals surface area contributed by atoms with Gasteiger partial charge in [0, 0.05) is 12.1 Å². The highest BCUT2D eigenvalue weighted by atomic mass is 35.5. The van der Waals surface area contributed by atoms with Gasteiger partial charge in [-0.1, -0.05) is 34.1 Å². The van der Waals surface area contributed by atoms with Crippen LogP contribution in [0.3, 0.4) is 0 Å². The van der Waals surface area contributed by atoms with Crippen LogP contribution < -0.4 is 10.6 Å². The van der Waals surface area contributed by atoms with Gasteiger partial charge < -0.3 is 15.7 Å². The molecule has 1 aliphatic carbocycles. The first kappa shape index (κ1) is 22.4. The Balaban J connectivity index is 0.00000163. The summed E-state index contributed by atoms with van der Waals surface area (Å²) in [7, 11) is 0. The number of anilines is 2. The number of rotatable bonds is 8. The minimum Gasteiger partial charge on any atom is -0.481 e. The topological polar surface area (TPSA) is 100 Å². The van der Waals surface area contributed by atoms with Crippen LogP contribution in [0.5, 0.6) is 0 Å². The molecule has 1 atom stereocenters. The van der Waals surface area contributed by atoms with E-state index in [1.807, 2.05) is 13.8 Å². The fourth-order valence-electron chi connectivity index (χ4n) is 3.06. The number of carboxylic acid groups (broad SMARTS) is 1. The molecule has 1 aliphatic rings. The van der Waals surface area contributed by atoms with Crippen molar-refractivity contribution in [2.24, 2.45) is 5.92 Å². The fourth-order valence-corrected chi connectivity index (χ4v) is 3.22. The summed E-state index contributed by atoms with van der Waals surface area (Å²) < 4.78 is 0. The number of carboxylic acids is 1. The SMILES string of the molecule is CC.CCCC(CC)Nc1nc(Cl)nc(NC2CCC(C(=O)O)CC2)n1. The van der Waals surface area contributed by atoms with Gasteiger partial charge in [-0.15, -0.1) is 0 Å². The van der Waals surface area contributed by atoms with Gasteiger partial charge in [-0.05, 0) is 50.1 Å². The molecular formula is C18H32ClN5O2. The third kappa shape index (κ3) is 7.32. The van der Waals surface area contributed by atoms with Crippen LogP contribution in [0.2, 0.25) is 5.28 Å². The van der Waals surface area contributed by atoms with Crippen LogP contribution in [-0.4, -0.2) is 38.1 Å². The molecule has 3 N–H and O–H groups in total. The Bertz CT molecular complexity index is 550. The summed E-state index contributed by atoms with van der Waals surface area (Å²) in [5, 5.41) is 15.8. The Morgan fingerprint density at radius 2 is 1.77 bits per heavy atom. The van der Waals surface area contributed by atoms with Crippen LogP contribution in [0.1, 0.15) is 72.6 Å². The average Bonchev–Trinajstić information content (AvgIpc) is 2.63. The summed E-state index contributed by atoms with van der Waals surface area (Å²) in [6, 6.07) is 0.483. The summed E-state index contributed by atoms with van der Waals surface area (Å²) in [4.78, 5) is 23.7. The Labute approximate surface area is 161 Å². The van der Waals surface area contributed by atoms with Gasteiger partial charge in [-0.3, -0.25) is 4.79 Å². The van der Waals surface area contributed by atoms with Gasteiger partial charge in [0.05, 0.1) is 5.92 Å². The third-order valence-electron chi connectivity index (χ3n) is 4.48. The van der Waals surface area contributed by atoms with E-state index in [4.69, 9.17) is 16.7 Å².